The van der Waals surface area contributed by atoms with Gasteiger partial charge in [0.2, 0.25) is 5.95 Å². The topological polar surface area (TPSA) is 79.4 Å². The quantitative estimate of drug-likeness (QED) is 0.568. The Hall–Kier alpha value is -3.28. The van der Waals surface area contributed by atoms with Gasteiger partial charge in [-0.25, -0.2) is 4.98 Å². The molecule has 27 heavy (non-hydrogen) atoms. The van der Waals surface area contributed by atoms with E-state index in [0.717, 1.165) is 22.6 Å². The fraction of sp³-hybridized carbons (Fsp3) is 0.238. The van der Waals surface area contributed by atoms with E-state index in [2.05, 4.69) is 87.9 Å². The molecule has 6 heteroatoms. The Morgan fingerprint density at radius 2 is 1.81 bits per heavy atom. The first kappa shape index (κ1) is 17.1. The molecule has 2 heterocycles. The van der Waals surface area contributed by atoms with Crippen molar-refractivity contribution in [3.8, 4) is 11.3 Å². The fourth-order valence-electron chi connectivity index (χ4n) is 2.88. The van der Waals surface area contributed by atoms with Crippen molar-refractivity contribution >= 4 is 16.7 Å². The van der Waals surface area contributed by atoms with Crippen molar-refractivity contribution in [3.63, 3.8) is 0 Å². The van der Waals surface area contributed by atoms with E-state index in [4.69, 9.17) is 0 Å². The van der Waals surface area contributed by atoms with Gasteiger partial charge in [0.05, 0.1) is 29.8 Å². The molecular weight excluding hydrogens is 336 g/mol. The molecule has 0 radical (unpaired) electrons. The first-order chi connectivity index (χ1) is 13.0. The van der Waals surface area contributed by atoms with Gasteiger partial charge in [0, 0.05) is 11.0 Å². The summed E-state index contributed by atoms with van der Waals surface area (Å²) in [6, 6.07) is 16.6. The fourth-order valence-corrected chi connectivity index (χ4v) is 2.88. The molecule has 136 valence electrons. The van der Waals surface area contributed by atoms with Crippen molar-refractivity contribution in [2.75, 3.05) is 5.32 Å². The predicted molar refractivity (Wildman–Crippen MR) is 107 cm³/mol. The molecule has 0 saturated heterocycles. The second kappa shape index (κ2) is 6.79. The summed E-state index contributed by atoms with van der Waals surface area (Å²) in [5, 5.41) is 21.2. The number of hydrogen-bond acceptors (Lipinski definition) is 5. The summed E-state index contributed by atoms with van der Waals surface area (Å²) in [5.74, 6) is 0.493. The van der Waals surface area contributed by atoms with Crippen LogP contribution in [0.25, 0.3) is 22.0 Å². The van der Waals surface area contributed by atoms with Crippen molar-refractivity contribution in [2.45, 2.75) is 32.7 Å². The van der Waals surface area contributed by atoms with Crippen LogP contribution < -0.4 is 5.32 Å². The summed E-state index contributed by atoms with van der Waals surface area (Å²) in [6.45, 7) is 6.98. The maximum Gasteiger partial charge on any atom is 0.243 e. The van der Waals surface area contributed by atoms with Crippen molar-refractivity contribution in [1.29, 1.82) is 0 Å². The van der Waals surface area contributed by atoms with Crippen LogP contribution in [-0.4, -0.2) is 25.4 Å². The zero-order valence-electron chi connectivity index (χ0n) is 15.7. The number of hydrogen-bond donors (Lipinski definition) is 2. The van der Waals surface area contributed by atoms with E-state index in [1.807, 2.05) is 12.1 Å². The summed E-state index contributed by atoms with van der Waals surface area (Å²) >= 11 is 0. The van der Waals surface area contributed by atoms with Gasteiger partial charge < -0.3 is 5.32 Å². The van der Waals surface area contributed by atoms with Gasteiger partial charge >= 0.3 is 0 Å². The van der Waals surface area contributed by atoms with E-state index < -0.39 is 0 Å². The number of nitrogens with zero attached hydrogens (tertiary/aromatic N) is 4. The highest BCUT2D eigenvalue weighted by molar-refractivity contribution is 5.86. The molecule has 0 fully saturated rings. The van der Waals surface area contributed by atoms with E-state index >= 15 is 0 Å². The normalized spacial score (nSPS) is 11.7. The average Bonchev–Trinajstić information content (AvgIpc) is 3.16. The molecule has 2 aromatic carbocycles. The van der Waals surface area contributed by atoms with Crippen molar-refractivity contribution in [1.82, 2.24) is 25.4 Å². The van der Waals surface area contributed by atoms with Gasteiger partial charge in [-0.05, 0) is 22.9 Å². The third-order valence-corrected chi connectivity index (χ3v) is 4.44. The Morgan fingerprint density at radius 3 is 2.59 bits per heavy atom. The third-order valence-electron chi connectivity index (χ3n) is 4.44. The van der Waals surface area contributed by atoms with Crippen molar-refractivity contribution < 1.29 is 0 Å². The molecule has 0 saturated carbocycles. The largest absolute Gasteiger partial charge is 0.347 e. The Balaban J connectivity index is 1.52. The van der Waals surface area contributed by atoms with Crippen LogP contribution in [0.4, 0.5) is 5.95 Å². The Kier molecular flexibility index (Phi) is 4.32. The van der Waals surface area contributed by atoms with Gasteiger partial charge in [0.25, 0.3) is 0 Å². The number of anilines is 1. The van der Waals surface area contributed by atoms with Gasteiger partial charge in [-0.2, -0.15) is 10.2 Å². The molecule has 0 aliphatic carbocycles. The third kappa shape index (κ3) is 3.79. The molecule has 0 amide bonds. The molecule has 0 bridgehead atoms. The van der Waals surface area contributed by atoms with Gasteiger partial charge in [0.15, 0.2) is 0 Å². The first-order valence-electron chi connectivity index (χ1n) is 8.96. The lowest BCUT2D eigenvalue weighted by molar-refractivity contribution is 0.567. The molecule has 6 nitrogen and oxygen atoms in total. The Bertz CT molecular complexity index is 1080. The van der Waals surface area contributed by atoms with Crippen molar-refractivity contribution in [3.05, 3.63) is 66.1 Å². The minimum atomic E-state index is 0.0167. The summed E-state index contributed by atoms with van der Waals surface area (Å²) in [6.07, 6.45) is 1.68. The van der Waals surface area contributed by atoms with Gasteiger partial charge in [-0.1, -0.05) is 57.2 Å². The lowest BCUT2D eigenvalue weighted by atomic mass is 9.92. The van der Waals surface area contributed by atoms with Crippen LogP contribution in [-0.2, 0) is 12.0 Å². The lowest BCUT2D eigenvalue weighted by Gasteiger charge is -2.13. The zero-order valence-corrected chi connectivity index (χ0v) is 15.7. The summed E-state index contributed by atoms with van der Waals surface area (Å²) in [7, 11) is 0. The van der Waals surface area contributed by atoms with E-state index in [0.29, 0.717) is 12.5 Å². The molecular formula is C21H22N6. The highest BCUT2D eigenvalue weighted by Gasteiger charge is 2.17. The highest BCUT2D eigenvalue weighted by Crippen LogP contribution is 2.23. The number of aromatic amines is 1. The lowest BCUT2D eigenvalue weighted by Crippen LogP contribution is -2.11. The summed E-state index contributed by atoms with van der Waals surface area (Å²) in [5.41, 5.74) is 3.84. The number of rotatable bonds is 4. The van der Waals surface area contributed by atoms with Gasteiger partial charge in [-0.3, -0.25) is 5.10 Å². The molecule has 2 aromatic heterocycles. The zero-order chi connectivity index (χ0) is 18.9. The van der Waals surface area contributed by atoms with Crippen LogP contribution in [0.3, 0.4) is 0 Å². The van der Waals surface area contributed by atoms with E-state index in [1.54, 1.807) is 6.20 Å². The summed E-state index contributed by atoms with van der Waals surface area (Å²) < 4.78 is 0. The summed E-state index contributed by atoms with van der Waals surface area (Å²) in [4.78, 5) is 4.60. The van der Waals surface area contributed by atoms with Crippen molar-refractivity contribution in [2.24, 2.45) is 0 Å². The smallest absolute Gasteiger partial charge is 0.243 e. The average molecular weight is 358 g/mol. The monoisotopic (exact) mass is 358 g/mol. The number of aromatic nitrogens is 5. The molecule has 0 aliphatic heterocycles. The molecule has 0 aliphatic rings. The second-order valence-electron chi connectivity index (χ2n) is 7.61. The minimum absolute atomic E-state index is 0.0167. The Morgan fingerprint density at radius 1 is 1.00 bits per heavy atom. The number of H-pyrrole nitrogens is 1. The van der Waals surface area contributed by atoms with E-state index in [-0.39, 0.29) is 5.41 Å². The van der Waals surface area contributed by atoms with Crippen LogP contribution in [0.1, 0.15) is 32.2 Å². The van der Waals surface area contributed by atoms with Crippen LogP contribution in [0.5, 0.6) is 0 Å². The predicted octanol–water partition coefficient (Wildman–Crippen LogP) is 4.32. The molecule has 0 spiro atoms. The molecule has 0 unspecified atom stereocenters. The van der Waals surface area contributed by atoms with E-state index in [1.165, 1.54) is 10.8 Å². The number of fused-ring (bicyclic) bond motifs is 1. The molecule has 2 N–H and O–H groups in total. The Labute approximate surface area is 158 Å². The van der Waals surface area contributed by atoms with Crippen LogP contribution in [0, 0.1) is 0 Å². The molecule has 4 rings (SSSR count). The maximum atomic E-state index is 4.60. The second-order valence-corrected chi connectivity index (χ2v) is 7.61. The highest BCUT2D eigenvalue weighted by atomic mass is 15.2. The minimum Gasteiger partial charge on any atom is -0.347 e. The van der Waals surface area contributed by atoms with Gasteiger partial charge in [-0.15, -0.1) is 5.10 Å². The maximum absolute atomic E-state index is 4.60. The van der Waals surface area contributed by atoms with Crippen LogP contribution in [0.2, 0.25) is 0 Å². The van der Waals surface area contributed by atoms with Crippen LogP contribution >= 0.6 is 0 Å². The molecule has 0 atom stereocenters. The first-order valence-corrected chi connectivity index (χ1v) is 8.96. The number of nitrogens with one attached hydrogen (secondary N) is 2. The number of benzene rings is 2. The standard InChI is InChI=1S/C21H22N6/c1-21(2,3)19-11-17(25-26-19)12-22-20-24-18(13-23-27-20)16-9-8-14-6-4-5-7-15(14)10-16/h4-11,13H,12H2,1-3H3,(H,25,26)(H,22,24,27). The van der Waals surface area contributed by atoms with Crippen LogP contribution in [0.15, 0.2) is 54.7 Å². The van der Waals surface area contributed by atoms with Gasteiger partial charge in [0.1, 0.15) is 0 Å². The SMILES string of the molecule is CC(C)(C)c1cc(CNc2nncc(-c3ccc4ccccc4c3)n2)[nH]n1. The molecule has 4 aromatic rings. The van der Waals surface area contributed by atoms with E-state index in [9.17, 15) is 0 Å².